The number of carbonyl (C=O) groups excluding carboxylic acids is 11. The Morgan fingerprint density at radius 2 is 1.07 bits per heavy atom. The summed E-state index contributed by atoms with van der Waals surface area (Å²) in [5, 5.41) is 42.0. The van der Waals surface area contributed by atoms with E-state index in [1.165, 1.54) is 34.1 Å². The summed E-state index contributed by atoms with van der Waals surface area (Å²) in [7, 11) is 0. The van der Waals surface area contributed by atoms with Gasteiger partial charge >= 0.3 is 0 Å². The quantitative estimate of drug-likeness (QED) is 0.0183. The van der Waals surface area contributed by atoms with Gasteiger partial charge in [-0.25, -0.2) is 0 Å². The highest BCUT2D eigenvalue weighted by molar-refractivity contribution is 5.99. The number of aliphatic imine (C=N–C) groups is 1. The number of primary amides is 1. The van der Waals surface area contributed by atoms with Crippen molar-refractivity contribution < 1.29 is 63.0 Å². The van der Waals surface area contributed by atoms with Crippen LogP contribution in [0.5, 0.6) is 5.75 Å². The number of hydrogen-bond donors (Lipinski definition) is 13. The second-order valence-corrected chi connectivity index (χ2v) is 22.1. The van der Waals surface area contributed by atoms with Crippen LogP contribution in [0.2, 0.25) is 0 Å². The third kappa shape index (κ3) is 19.7. The Bertz CT molecular complexity index is 2910. The summed E-state index contributed by atoms with van der Waals surface area (Å²) in [4.78, 5) is 158. The first-order valence-electron chi connectivity index (χ1n) is 28.9. The van der Waals surface area contributed by atoms with E-state index in [0.29, 0.717) is 29.5 Å². The molecule has 0 radical (unpaired) electrons. The summed E-state index contributed by atoms with van der Waals surface area (Å²) in [6, 6.07) is 11.9. The Balaban J connectivity index is 1.21. The maximum Gasteiger partial charge on any atom is 0.246 e. The fraction of sp³-hybridized carbons (Fsp3) is 0.492. The van der Waals surface area contributed by atoms with Gasteiger partial charge in [-0.1, -0.05) is 86.6 Å². The molecule has 86 heavy (non-hydrogen) atoms. The maximum absolute atomic E-state index is 14.7. The number of aliphatic hydroxyl groups is 1. The molecule has 3 aromatic carbocycles. The zero-order chi connectivity index (χ0) is 62.5. The van der Waals surface area contributed by atoms with Crippen LogP contribution in [-0.2, 0) is 72.0 Å². The number of nitrogens with zero attached hydrogens (tertiary/aromatic N) is 3. The number of aliphatic hydroxyl groups excluding tert-OH is 1. The van der Waals surface area contributed by atoms with Crippen LogP contribution in [0.25, 0.3) is 0 Å². The molecule has 11 amide bonds. The summed E-state index contributed by atoms with van der Waals surface area (Å²) in [6.07, 6.45) is 1.61. The van der Waals surface area contributed by atoms with Crippen molar-refractivity contribution >= 4 is 70.9 Å². The average molecular weight is 1190 g/mol. The molecular formula is C59H80N14O13. The minimum absolute atomic E-state index is 0.0107. The second-order valence-electron chi connectivity index (χ2n) is 22.1. The number of nitrogens with two attached hydrogens (primary N) is 3. The number of phenols is 1. The number of phenolic OH excluding ortho intramolecular Hbond substituents is 1. The van der Waals surface area contributed by atoms with Crippen molar-refractivity contribution in [3.63, 3.8) is 0 Å². The molecule has 3 aromatic rings. The van der Waals surface area contributed by atoms with E-state index in [0.717, 1.165) is 0 Å². The number of guanidine groups is 1. The van der Waals surface area contributed by atoms with Gasteiger partial charge in [0, 0.05) is 45.3 Å². The van der Waals surface area contributed by atoms with Crippen molar-refractivity contribution in [2.45, 2.75) is 145 Å². The maximum atomic E-state index is 14.7. The molecule has 6 rings (SSSR count). The summed E-state index contributed by atoms with van der Waals surface area (Å²) >= 11 is 0. The van der Waals surface area contributed by atoms with Crippen molar-refractivity contribution in [1.29, 1.82) is 0 Å². The Morgan fingerprint density at radius 3 is 1.58 bits per heavy atom. The SMILES string of the molecule is CC(C)C[C@H](NC(=O)[C@@H](Cc1ccccc1)NC(=O)[C@H](Cc1ccc(O)cc1)NC(=O)[C@H](CO)NC(=O)[C@@H]1CCCN1C(=O)[C@@H](Cc1ccccc1)NC(=O)[C@@H]1CCC(=O)N1)C(=O)N[C@@H](CCCN=C(N)N)C(=O)N1CCC[C@H]1C(=O)NCC(N)=O. The first-order valence-corrected chi connectivity index (χ1v) is 28.9. The molecule has 3 aliphatic heterocycles. The lowest BCUT2D eigenvalue weighted by atomic mass is 9.99. The molecule has 0 saturated carbocycles. The molecule has 16 N–H and O–H groups in total. The van der Waals surface area contributed by atoms with E-state index in [-0.39, 0.29) is 107 Å². The van der Waals surface area contributed by atoms with Crippen molar-refractivity contribution in [3.05, 3.63) is 102 Å². The van der Waals surface area contributed by atoms with E-state index in [1.54, 1.807) is 74.5 Å². The number of carbonyl (C=O) groups is 11. The van der Waals surface area contributed by atoms with E-state index in [4.69, 9.17) is 17.2 Å². The zero-order valence-corrected chi connectivity index (χ0v) is 48.3. The minimum Gasteiger partial charge on any atom is -0.508 e. The average Bonchev–Trinajstić information content (AvgIpc) is 3.61. The fourth-order valence-electron chi connectivity index (χ4n) is 10.6. The van der Waals surface area contributed by atoms with Gasteiger partial charge in [0.15, 0.2) is 5.96 Å². The predicted molar refractivity (Wildman–Crippen MR) is 313 cm³/mol. The zero-order valence-electron chi connectivity index (χ0n) is 48.3. The smallest absolute Gasteiger partial charge is 0.246 e. The number of nitrogens with one attached hydrogen (secondary N) is 8. The van der Waals surface area contributed by atoms with E-state index in [1.807, 2.05) is 0 Å². The van der Waals surface area contributed by atoms with Crippen LogP contribution in [0.3, 0.4) is 0 Å². The van der Waals surface area contributed by atoms with Gasteiger partial charge in [-0.15, -0.1) is 0 Å². The van der Waals surface area contributed by atoms with Crippen LogP contribution in [0.1, 0.15) is 88.3 Å². The molecule has 27 nitrogen and oxygen atoms in total. The lowest BCUT2D eigenvalue weighted by molar-refractivity contribution is -0.142. The Morgan fingerprint density at radius 1 is 0.593 bits per heavy atom. The second kappa shape index (κ2) is 32.2. The lowest BCUT2D eigenvalue weighted by Crippen LogP contribution is -2.61. The third-order valence-corrected chi connectivity index (χ3v) is 15.0. The van der Waals surface area contributed by atoms with Crippen LogP contribution in [0, 0.1) is 5.92 Å². The van der Waals surface area contributed by atoms with Gasteiger partial charge in [-0.3, -0.25) is 57.7 Å². The largest absolute Gasteiger partial charge is 0.508 e. The minimum atomic E-state index is -1.68. The first kappa shape index (κ1) is 66.0. The topological polar surface area (TPSA) is 421 Å². The number of likely N-dealkylation sites (tertiary alicyclic amines) is 2. The van der Waals surface area contributed by atoms with Crippen molar-refractivity contribution in [2.75, 3.05) is 32.8 Å². The number of rotatable bonds is 30. The molecule has 464 valence electrons. The molecule has 3 saturated heterocycles. The highest BCUT2D eigenvalue weighted by Crippen LogP contribution is 2.23. The first-order chi connectivity index (χ1) is 41.1. The fourth-order valence-corrected chi connectivity index (χ4v) is 10.6. The van der Waals surface area contributed by atoms with Crippen molar-refractivity contribution in [2.24, 2.45) is 28.1 Å². The van der Waals surface area contributed by atoms with Gasteiger partial charge in [0.05, 0.1) is 13.2 Å². The predicted octanol–water partition coefficient (Wildman–Crippen LogP) is -2.72. The molecule has 0 aliphatic carbocycles. The van der Waals surface area contributed by atoms with Crippen molar-refractivity contribution in [1.82, 2.24) is 52.3 Å². The number of hydrogen-bond acceptors (Lipinski definition) is 14. The standard InChI is InChI=1S/C59H80N14O13/c1-34(2)28-41(51(79)66-40(16-9-25-63-59(61)62)57(85)72-26-10-17-46(72)55(83)64-32-48(60)76)67-52(80)42(29-35-12-5-3-6-13-35)68-53(81)43(30-37-19-21-38(75)22-20-37)69-54(82)45(33-74)71-56(84)47-18-11-27-73(47)58(86)44(31-36-14-7-4-8-15-36)70-50(78)39-23-24-49(77)65-39/h3-8,12-15,19-22,34,39-47,74-75H,9-11,16-18,23-33H2,1-2H3,(H2,60,76)(H,64,83)(H,65,77)(H,66,79)(H,67,80)(H,68,81)(H,69,82)(H,70,78)(H,71,84)(H4,61,62,63)/t39-,40-,41-,42+,43-,44+,45-,46-,47-/m0/s1. The normalized spacial score (nSPS) is 18.4. The molecule has 0 spiro atoms. The molecule has 3 heterocycles. The Hall–Kier alpha value is -9.14. The van der Waals surface area contributed by atoms with Gasteiger partial charge < -0.3 is 79.7 Å². The number of benzene rings is 3. The number of aromatic hydroxyl groups is 1. The van der Waals surface area contributed by atoms with Gasteiger partial charge in [0.1, 0.15) is 60.1 Å². The summed E-state index contributed by atoms with van der Waals surface area (Å²) in [6.45, 7) is 2.57. The molecule has 3 fully saturated rings. The van der Waals surface area contributed by atoms with E-state index >= 15 is 0 Å². The molecular weight excluding hydrogens is 1110 g/mol. The van der Waals surface area contributed by atoms with Crippen molar-refractivity contribution in [3.8, 4) is 5.75 Å². The summed E-state index contributed by atoms with van der Waals surface area (Å²) in [5.41, 5.74) is 18.1. The van der Waals surface area contributed by atoms with E-state index < -0.39 is 127 Å². The van der Waals surface area contributed by atoms with Crippen LogP contribution in [0.4, 0.5) is 0 Å². The molecule has 9 atom stereocenters. The van der Waals surface area contributed by atoms with Crippen LogP contribution < -0.4 is 59.7 Å². The molecule has 0 unspecified atom stereocenters. The third-order valence-electron chi connectivity index (χ3n) is 15.0. The van der Waals surface area contributed by atoms with E-state index in [2.05, 4.69) is 47.5 Å². The van der Waals surface area contributed by atoms with Crippen LogP contribution in [0.15, 0.2) is 89.9 Å². The van der Waals surface area contributed by atoms with Crippen LogP contribution >= 0.6 is 0 Å². The van der Waals surface area contributed by atoms with Gasteiger partial charge in [0.2, 0.25) is 65.0 Å². The summed E-state index contributed by atoms with van der Waals surface area (Å²) in [5.74, 6) is -8.26. The molecule has 27 heteroatoms. The highest BCUT2D eigenvalue weighted by atomic mass is 16.3. The highest BCUT2D eigenvalue weighted by Gasteiger charge is 2.42. The number of amides is 11. The monoisotopic (exact) mass is 1190 g/mol. The van der Waals surface area contributed by atoms with Gasteiger partial charge in [-0.2, -0.15) is 0 Å². The molecule has 0 bridgehead atoms. The summed E-state index contributed by atoms with van der Waals surface area (Å²) < 4.78 is 0. The Kier molecular flexibility index (Phi) is 24.7. The van der Waals surface area contributed by atoms with Gasteiger partial charge in [-0.05, 0) is 86.1 Å². The van der Waals surface area contributed by atoms with Gasteiger partial charge in [0.25, 0.3) is 0 Å². The molecule has 0 aromatic heterocycles. The van der Waals surface area contributed by atoms with Crippen LogP contribution in [-0.4, -0.2) is 178 Å². The lowest BCUT2D eigenvalue weighted by Gasteiger charge is -2.31. The Labute approximate surface area is 498 Å². The van der Waals surface area contributed by atoms with E-state index in [9.17, 15) is 63.0 Å². The molecule has 3 aliphatic rings.